The summed E-state index contributed by atoms with van der Waals surface area (Å²) in [6.07, 6.45) is 6.93. The van der Waals surface area contributed by atoms with Crippen LogP contribution in [0.1, 0.15) is 49.2 Å². The molecule has 26 heavy (non-hydrogen) atoms. The van der Waals surface area contributed by atoms with Crippen molar-refractivity contribution in [2.45, 2.75) is 52.9 Å². The van der Waals surface area contributed by atoms with E-state index in [9.17, 15) is 4.39 Å². The zero-order chi connectivity index (χ0) is 18.5. The van der Waals surface area contributed by atoms with Gasteiger partial charge in [-0.2, -0.15) is 0 Å². The van der Waals surface area contributed by atoms with E-state index < -0.39 is 0 Å². The van der Waals surface area contributed by atoms with Gasteiger partial charge in [-0.1, -0.05) is 44.9 Å². The number of unbranched alkanes of at least 4 members (excludes halogenated alkanes) is 1. The lowest BCUT2D eigenvalue weighted by Gasteiger charge is -2.09. The number of pyridine rings is 1. The van der Waals surface area contributed by atoms with Crippen molar-refractivity contribution < 1.29 is 4.39 Å². The minimum absolute atomic E-state index is 0.313. The molecule has 0 atom stereocenters. The number of halogens is 1. The maximum Gasteiger partial charge on any atom is 0.141 e. The first kappa shape index (κ1) is 18.7. The molecule has 0 saturated carbocycles. The number of hydrogen-bond donors (Lipinski definition) is 0. The molecular weight excluding hydrogens is 343 g/mol. The SMILES string of the molecule is CCCCc1sc(-c2cccc(-c3ccc(F)cn3)c2C)nc1CCC. The lowest BCUT2D eigenvalue weighted by Crippen LogP contribution is -1.92. The minimum atomic E-state index is -0.313. The Bertz CT molecular complexity index is 868. The highest BCUT2D eigenvalue weighted by Gasteiger charge is 2.15. The van der Waals surface area contributed by atoms with Gasteiger partial charge in [0.1, 0.15) is 10.8 Å². The molecule has 2 heterocycles. The molecule has 1 aromatic carbocycles. The molecular formula is C22H25FN2S. The third kappa shape index (κ3) is 4.01. The Morgan fingerprint density at radius 2 is 1.81 bits per heavy atom. The van der Waals surface area contributed by atoms with Crippen molar-refractivity contribution in [1.29, 1.82) is 0 Å². The van der Waals surface area contributed by atoms with E-state index in [0.29, 0.717) is 0 Å². The average Bonchev–Trinajstić information content (AvgIpc) is 3.04. The molecule has 3 aromatic rings. The molecule has 136 valence electrons. The molecule has 0 radical (unpaired) electrons. The van der Waals surface area contributed by atoms with Crippen LogP contribution in [-0.4, -0.2) is 9.97 Å². The van der Waals surface area contributed by atoms with Crippen LogP contribution in [0.15, 0.2) is 36.5 Å². The summed E-state index contributed by atoms with van der Waals surface area (Å²) in [6, 6.07) is 9.39. The largest absolute Gasteiger partial charge is 0.253 e. The standard InChI is InChI=1S/C22H25FN2S/c1-4-6-11-21-20(8-5-2)25-22(26-21)18-10-7-9-17(15(18)3)19-13-12-16(23)14-24-19/h7,9-10,12-14H,4-6,8,11H2,1-3H3. The summed E-state index contributed by atoms with van der Waals surface area (Å²) < 4.78 is 13.2. The first-order valence-corrected chi connectivity index (χ1v) is 10.2. The van der Waals surface area contributed by atoms with Crippen molar-refractivity contribution in [3.63, 3.8) is 0 Å². The van der Waals surface area contributed by atoms with E-state index in [1.54, 1.807) is 6.07 Å². The molecule has 0 N–H and O–H groups in total. The quantitative estimate of drug-likeness (QED) is 0.468. The molecule has 4 heteroatoms. The third-order valence-corrected chi connectivity index (χ3v) is 5.78. The summed E-state index contributed by atoms with van der Waals surface area (Å²) >= 11 is 1.82. The zero-order valence-electron chi connectivity index (χ0n) is 15.7. The van der Waals surface area contributed by atoms with E-state index in [4.69, 9.17) is 4.98 Å². The number of hydrogen-bond acceptors (Lipinski definition) is 3. The molecule has 2 aromatic heterocycles. The fourth-order valence-electron chi connectivity index (χ4n) is 3.14. The summed E-state index contributed by atoms with van der Waals surface area (Å²) in [5, 5.41) is 1.08. The lowest BCUT2D eigenvalue weighted by atomic mass is 10.00. The van der Waals surface area contributed by atoms with Gasteiger partial charge < -0.3 is 0 Å². The Balaban J connectivity index is 2.01. The van der Waals surface area contributed by atoms with Crippen LogP contribution in [0.25, 0.3) is 21.8 Å². The van der Waals surface area contributed by atoms with Gasteiger partial charge in [0.05, 0.1) is 17.6 Å². The Morgan fingerprint density at radius 1 is 1.00 bits per heavy atom. The van der Waals surface area contributed by atoms with E-state index in [2.05, 4.69) is 31.8 Å². The smallest absolute Gasteiger partial charge is 0.141 e. The number of aromatic nitrogens is 2. The van der Waals surface area contributed by atoms with Crippen LogP contribution < -0.4 is 0 Å². The van der Waals surface area contributed by atoms with Crippen LogP contribution in [0.4, 0.5) is 4.39 Å². The van der Waals surface area contributed by atoms with Crippen molar-refractivity contribution in [2.75, 3.05) is 0 Å². The van der Waals surface area contributed by atoms with Gasteiger partial charge in [0, 0.05) is 16.0 Å². The Labute approximate surface area is 159 Å². The van der Waals surface area contributed by atoms with E-state index in [1.165, 1.54) is 35.7 Å². The summed E-state index contributed by atoms with van der Waals surface area (Å²) in [5.41, 5.74) is 5.38. The summed E-state index contributed by atoms with van der Waals surface area (Å²) in [6.45, 7) is 6.53. The van der Waals surface area contributed by atoms with E-state index in [0.717, 1.165) is 46.7 Å². The second-order valence-electron chi connectivity index (χ2n) is 6.58. The molecule has 0 aliphatic heterocycles. The predicted octanol–water partition coefficient (Wildman–Crippen LogP) is 6.61. The second kappa shape index (κ2) is 8.54. The van der Waals surface area contributed by atoms with Crippen LogP contribution in [0.5, 0.6) is 0 Å². The summed E-state index contributed by atoms with van der Waals surface area (Å²) in [4.78, 5) is 10.6. The summed E-state index contributed by atoms with van der Waals surface area (Å²) in [5.74, 6) is -0.313. The number of aryl methyl sites for hydroxylation is 2. The Morgan fingerprint density at radius 3 is 2.50 bits per heavy atom. The lowest BCUT2D eigenvalue weighted by molar-refractivity contribution is 0.622. The van der Waals surface area contributed by atoms with Crippen molar-refractivity contribution in [1.82, 2.24) is 9.97 Å². The molecule has 0 unspecified atom stereocenters. The normalized spacial score (nSPS) is 11.1. The minimum Gasteiger partial charge on any atom is -0.253 e. The molecule has 0 saturated heterocycles. The van der Waals surface area contributed by atoms with Gasteiger partial charge in [-0.05, 0) is 43.9 Å². The van der Waals surface area contributed by atoms with Crippen molar-refractivity contribution in [3.05, 3.63) is 58.5 Å². The highest BCUT2D eigenvalue weighted by atomic mass is 32.1. The first-order chi connectivity index (χ1) is 12.6. The maximum atomic E-state index is 13.2. The van der Waals surface area contributed by atoms with E-state index in [1.807, 2.05) is 23.5 Å². The van der Waals surface area contributed by atoms with Crippen LogP contribution >= 0.6 is 11.3 Å². The van der Waals surface area contributed by atoms with Gasteiger partial charge in [0.15, 0.2) is 0 Å². The molecule has 0 aliphatic carbocycles. The van der Waals surface area contributed by atoms with Gasteiger partial charge >= 0.3 is 0 Å². The van der Waals surface area contributed by atoms with Crippen LogP contribution in [-0.2, 0) is 12.8 Å². The molecule has 2 nitrogen and oxygen atoms in total. The van der Waals surface area contributed by atoms with Crippen LogP contribution in [0, 0.1) is 12.7 Å². The van der Waals surface area contributed by atoms with Gasteiger partial charge in [0.2, 0.25) is 0 Å². The first-order valence-electron chi connectivity index (χ1n) is 9.34. The molecule has 0 aliphatic rings. The molecule has 3 rings (SSSR count). The van der Waals surface area contributed by atoms with Crippen LogP contribution in [0.3, 0.4) is 0 Å². The van der Waals surface area contributed by atoms with Crippen molar-refractivity contribution in [2.24, 2.45) is 0 Å². The van der Waals surface area contributed by atoms with Crippen molar-refractivity contribution >= 4 is 11.3 Å². The molecule has 0 spiro atoms. The number of nitrogens with zero attached hydrogens (tertiary/aromatic N) is 2. The van der Waals surface area contributed by atoms with E-state index >= 15 is 0 Å². The number of benzene rings is 1. The van der Waals surface area contributed by atoms with Crippen molar-refractivity contribution in [3.8, 4) is 21.8 Å². The third-order valence-electron chi connectivity index (χ3n) is 4.59. The van der Waals surface area contributed by atoms with Gasteiger partial charge in [-0.15, -0.1) is 11.3 Å². The van der Waals surface area contributed by atoms with Gasteiger partial charge in [-0.3, -0.25) is 4.98 Å². The zero-order valence-corrected chi connectivity index (χ0v) is 16.5. The number of rotatable bonds is 7. The predicted molar refractivity (Wildman–Crippen MR) is 108 cm³/mol. The fourth-order valence-corrected chi connectivity index (χ4v) is 4.38. The highest BCUT2D eigenvalue weighted by molar-refractivity contribution is 7.15. The number of thiazole rings is 1. The fraction of sp³-hybridized carbons (Fsp3) is 0.364. The molecule has 0 bridgehead atoms. The second-order valence-corrected chi connectivity index (χ2v) is 7.67. The Hall–Kier alpha value is -2.07. The average molecular weight is 369 g/mol. The highest BCUT2D eigenvalue weighted by Crippen LogP contribution is 2.35. The van der Waals surface area contributed by atoms with E-state index in [-0.39, 0.29) is 5.82 Å². The maximum absolute atomic E-state index is 13.2. The summed E-state index contributed by atoms with van der Waals surface area (Å²) in [7, 11) is 0. The van der Waals surface area contributed by atoms with Crippen LogP contribution in [0.2, 0.25) is 0 Å². The molecule has 0 amide bonds. The molecule has 0 fully saturated rings. The Kier molecular flexibility index (Phi) is 6.15. The van der Waals surface area contributed by atoms with Gasteiger partial charge in [-0.25, -0.2) is 9.37 Å². The monoisotopic (exact) mass is 368 g/mol. The topological polar surface area (TPSA) is 25.8 Å². The van der Waals surface area contributed by atoms with Gasteiger partial charge in [0.25, 0.3) is 0 Å².